The Kier molecular flexibility index (Phi) is 5.06. The van der Waals surface area contributed by atoms with Crippen LogP contribution in [-0.2, 0) is 4.79 Å². The number of benzene rings is 3. The van der Waals surface area contributed by atoms with Crippen molar-refractivity contribution in [2.45, 2.75) is 12.8 Å². The Morgan fingerprint density at radius 1 is 0.970 bits per heavy atom. The van der Waals surface area contributed by atoms with Crippen molar-refractivity contribution in [3.8, 4) is 11.4 Å². The van der Waals surface area contributed by atoms with Crippen molar-refractivity contribution in [3.63, 3.8) is 0 Å². The van der Waals surface area contributed by atoms with Gasteiger partial charge in [0.05, 0.1) is 0 Å². The van der Waals surface area contributed by atoms with E-state index in [4.69, 9.17) is 0 Å². The normalized spacial score (nSPS) is 12.9. The van der Waals surface area contributed by atoms with Gasteiger partial charge in [-0.05, 0) is 36.1 Å². The molecule has 0 aliphatic carbocycles. The minimum Gasteiger partial charge on any atom is -0.326 e. The molecule has 0 spiro atoms. The van der Waals surface area contributed by atoms with Crippen LogP contribution >= 0.6 is 0 Å². The summed E-state index contributed by atoms with van der Waals surface area (Å²) in [5, 5.41) is 7.93. The molecule has 3 aromatic carbocycles. The van der Waals surface area contributed by atoms with Gasteiger partial charge in [-0.1, -0.05) is 41.6 Å². The molecule has 0 fully saturated rings. The first-order valence-corrected chi connectivity index (χ1v) is 10.4. The smallest absolute Gasteiger partial charge is 0.326 e. The lowest BCUT2D eigenvalue weighted by Crippen LogP contribution is -2.41. The average molecular weight is 442 g/mol. The van der Waals surface area contributed by atoms with E-state index in [9.17, 15) is 19.2 Å². The van der Waals surface area contributed by atoms with Gasteiger partial charge in [-0.15, -0.1) is 0 Å². The zero-order chi connectivity index (χ0) is 22.9. The largest absolute Gasteiger partial charge is 0.439 e. The lowest BCUT2D eigenvalue weighted by atomic mass is 9.94. The molecule has 9 nitrogen and oxygen atoms in total. The van der Waals surface area contributed by atoms with E-state index in [-0.39, 0.29) is 36.5 Å². The van der Waals surface area contributed by atoms with E-state index in [0.29, 0.717) is 34.2 Å². The lowest BCUT2D eigenvalue weighted by molar-refractivity contribution is -0.116. The van der Waals surface area contributed by atoms with E-state index < -0.39 is 5.76 Å². The highest BCUT2D eigenvalue weighted by molar-refractivity contribution is 6.25. The SMILES string of the molecule is O=C(CCCN1C(=O)c2cccc3cccc(c23)C1=O)Nc1cccc(-c2noc(=O)[nH]2)c1. The van der Waals surface area contributed by atoms with E-state index in [2.05, 4.69) is 20.0 Å². The molecule has 5 rings (SSSR count). The molecule has 1 aromatic heterocycles. The summed E-state index contributed by atoms with van der Waals surface area (Å²) in [6.45, 7) is 0.135. The van der Waals surface area contributed by atoms with E-state index in [1.807, 2.05) is 12.1 Å². The van der Waals surface area contributed by atoms with Crippen LogP contribution in [0.1, 0.15) is 33.6 Å². The first-order valence-electron chi connectivity index (χ1n) is 10.4. The molecule has 0 bridgehead atoms. The maximum atomic E-state index is 12.9. The number of H-pyrrole nitrogens is 1. The number of anilines is 1. The highest BCUT2D eigenvalue weighted by Gasteiger charge is 2.32. The van der Waals surface area contributed by atoms with Gasteiger partial charge < -0.3 is 5.32 Å². The third-order valence-electron chi connectivity index (χ3n) is 5.50. The van der Waals surface area contributed by atoms with Crippen LogP contribution in [0.25, 0.3) is 22.2 Å². The number of hydrogen-bond donors (Lipinski definition) is 2. The fraction of sp³-hybridized carbons (Fsp3) is 0.125. The zero-order valence-corrected chi connectivity index (χ0v) is 17.3. The Morgan fingerprint density at radius 3 is 2.33 bits per heavy atom. The van der Waals surface area contributed by atoms with Gasteiger partial charge in [0.25, 0.3) is 11.8 Å². The number of nitrogens with zero attached hydrogens (tertiary/aromatic N) is 2. The van der Waals surface area contributed by atoms with Gasteiger partial charge in [-0.25, -0.2) is 4.79 Å². The van der Waals surface area contributed by atoms with Gasteiger partial charge >= 0.3 is 5.76 Å². The van der Waals surface area contributed by atoms with Crippen LogP contribution < -0.4 is 11.1 Å². The Labute approximate surface area is 187 Å². The molecule has 0 saturated carbocycles. The molecule has 33 heavy (non-hydrogen) atoms. The Morgan fingerprint density at radius 2 is 1.67 bits per heavy atom. The topological polar surface area (TPSA) is 125 Å². The number of rotatable bonds is 6. The van der Waals surface area contributed by atoms with E-state index in [0.717, 1.165) is 5.39 Å². The van der Waals surface area contributed by atoms with Crippen molar-refractivity contribution >= 4 is 34.2 Å². The number of imide groups is 1. The molecule has 3 amide bonds. The van der Waals surface area contributed by atoms with Crippen molar-refractivity contribution in [2.24, 2.45) is 0 Å². The standard InChI is InChI=1S/C24H18N4O5/c29-19(25-16-8-1-7-15(13-16)21-26-24(32)33-27-21)11-4-12-28-22(30)17-9-2-5-14-6-3-10-18(20(14)17)23(28)31/h1-3,5-10,13H,4,11-12H2,(H,25,29)(H,26,27,32). The van der Waals surface area contributed by atoms with Gasteiger partial charge in [0.1, 0.15) is 0 Å². The monoisotopic (exact) mass is 442 g/mol. The van der Waals surface area contributed by atoms with Gasteiger partial charge in [0, 0.05) is 40.7 Å². The number of aromatic nitrogens is 2. The van der Waals surface area contributed by atoms with Gasteiger partial charge in [0.2, 0.25) is 5.91 Å². The molecule has 0 radical (unpaired) electrons. The average Bonchev–Trinajstić information content (AvgIpc) is 3.26. The van der Waals surface area contributed by atoms with E-state index in [1.54, 1.807) is 48.5 Å². The molecule has 0 saturated heterocycles. The maximum Gasteiger partial charge on any atom is 0.439 e. The zero-order valence-electron chi connectivity index (χ0n) is 17.3. The third-order valence-corrected chi connectivity index (χ3v) is 5.50. The van der Waals surface area contributed by atoms with E-state index >= 15 is 0 Å². The summed E-state index contributed by atoms with van der Waals surface area (Å²) in [6.07, 6.45) is 0.436. The highest BCUT2D eigenvalue weighted by Crippen LogP contribution is 2.30. The second-order valence-corrected chi connectivity index (χ2v) is 7.65. The fourth-order valence-corrected chi connectivity index (χ4v) is 4.00. The molecule has 9 heteroatoms. The molecule has 4 aromatic rings. The number of carbonyl (C=O) groups is 3. The van der Waals surface area contributed by atoms with Crippen molar-refractivity contribution in [1.29, 1.82) is 0 Å². The van der Waals surface area contributed by atoms with E-state index in [1.165, 1.54) is 4.90 Å². The van der Waals surface area contributed by atoms with Crippen molar-refractivity contribution < 1.29 is 18.9 Å². The maximum absolute atomic E-state index is 12.9. The van der Waals surface area contributed by atoms with Crippen LogP contribution in [0.5, 0.6) is 0 Å². The number of amides is 3. The van der Waals surface area contributed by atoms with Gasteiger partial charge in [-0.2, -0.15) is 0 Å². The summed E-state index contributed by atoms with van der Waals surface area (Å²) >= 11 is 0. The summed E-state index contributed by atoms with van der Waals surface area (Å²) in [5.41, 5.74) is 2.09. The second-order valence-electron chi connectivity index (χ2n) is 7.65. The summed E-state index contributed by atoms with van der Waals surface area (Å²) in [7, 11) is 0. The summed E-state index contributed by atoms with van der Waals surface area (Å²) in [6, 6.07) is 17.6. The Hall–Kier alpha value is -4.53. The molecule has 1 aliphatic heterocycles. The summed E-state index contributed by atoms with van der Waals surface area (Å²) < 4.78 is 4.50. The summed E-state index contributed by atoms with van der Waals surface area (Å²) in [4.78, 5) is 53.1. The number of hydrogen-bond acceptors (Lipinski definition) is 6. The molecule has 0 atom stereocenters. The summed E-state index contributed by atoms with van der Waals surface area (Å²) in [5.74, 6) is -1.37. The van der Waals surface area contributed by atoms with Crippen molar-refractivity contribution in [2.75, 3.05) is 11.9 Å². The van der Waals surface area contributed by atoms with Crippen LogP contribution in [0.3, 0.4) is 0 Å². The van der Waals surface area contributed by atoms with Gasteiger partial charge in [-0.3, -0.25) is 28.8 Å². The Bertz CT molecular complexity index is 1420. The minimum atomic E-state index is -0.667. The fourth-order valence-electron chi connectivity index (χ4n) is 4.00. The molecule has 2 N–H and O–H groups in total. The number of aromatic amines is 1. The number of nitrogens with one attached hydrogen (secondary N) is 2. The molecule has 2 heterocycles. The first-order chi connectivity index (χ1) is 16.0. The molecular formula is C24H18N4O5. The highest BCUT2D eigenvalue weighted by atomic mass is 16.5. The Balaban J connectivity index is 1.23. The molecule has 1 aliphatic rings. The number of carbonyl (C=O) groups excluding carboxylic acids is 3. The van der Waals surface area contributed by atoms with Crippen LogP contribution in [-0.4, -0.2) is 39.3 Å². The van der Waals surface area contributed by atoms with Gasteiger partial charge in [0.15, 0.2) is 5.82 Å². The van der Waals surface area contributed by atoms with Crippen LogP contribution in [0.15, 0.2) is 70.0 Å². The van der Waals surface area contributed by atoms with Crippen LogP contribution in [0.2, 0.25) is 0 Å². The first kappa shape index (κ1) is 20.4. The van der Waals surface area contributed by atoms with Crippen molar-refractivity contribution in [3.05, 3.63) is 82.3 Å². The quantitative estimate of drug-likeness (QED) is 0.442. The van der Waals surface area contributed by atoms with Crippen LogP contribution in [0.4, 0.5) is 5.69 Å². The third kappa shape index (κ3) is 3.80. The molecule has 164 valence electrons. The minimum absolute atomic E-state index is 0.119. The van der Waals surface area contributed by atoms with Crippen molar-refractivity contribution in [1.82, 2.24) is 15.0 Å². The second kappa shape index (κ2) is 8.19. The molecular weight excluding hydrogens is 424 g/mol. The lowest BCUT2D eigenvalue weighted by Gasteiger charge is -2.27. The predicted octanol–water partition coefficient (Wildman–Crippen LogP) is 3.20. The van der Waals surface area contributed by atoms with Crippen LogP contribution in [0, 0.1) is 0 Å². The molecule has 0 unspecified atom stereocenters. The predicted molar refractivity (Wildman–Crippen MR) is 120 cm³/mol.